The fraction of sp³-hybridized carbons (Fsp3) is 0.867. The lowest BCUT2D eigenvalue weighted by molar-refractivity contribution is -0.151. The Morgan fingerprint density at radius 2 is 1.86 bits per heavy atom. The van der Waals surface area contributed by atoms with Crippen molar-refractivity contribution >= 4 is 11.9 Å². The van der Waals surface area contributed by atoms with Gasteiger partial charge in [-0.25, -0.2) is 0 Å². The zero-order valence-electron chi connectivity index (χ0n) is 12.9. The summed E-state index contributed by atoms with van der Waals surface area (Å²) in [6.07, 6.45) is 4.84. The molecule has 122 valence electrons. The van der Waals surface area contributed by atoms with E-state index in [4.69, 9.17) is 9.47 Å². The van der Waals surface area contributed by atoms with E-state index in [1.807, 2.05) is 0 Å². The van der Waals surface area contributed by atoms with Crippen LogP contribution in [0.25, 0.3) is 0 Å². The highest BCUT2D eigenvalue weighted by molar-refractivity contribution is 5.85. The van der Waals surface area contributed by atoms with Crippen LogP contribution >= 0.6 is 0 Å². The molecule has 0 radical (unpaired) electrons. The van der Waals surface area contributed by atoms with E-state index in [1.165, 1.54) is 0 Å². The zero-order valence-corrected chi connectivity index (χ0v) is 12.9. The Balaban J connectivity index is 2.09. The molecule has 1 fully saturated rings. The molecule has 6 nitrogen and oxygen atoms in total. The van der Waals surface area contributed by atoms with Gasteiger partial charge in [-0.2, -0.15) is 0 Å². The summed E-state index contributed by atoms with van der Waals surface area (Å²) in [7, 11) is 1.63. The summed E-state index contributed by atoms with van der Waals surface area (Å²) in [4.78, 5) is 23.2. The number of carbonyl (C=O) groups is 2. The van der Waals surface area contributed by atoms with E-state index in [0.717, 1.165) is 25.7 Å². The third-order valence-corrected chi connectivity index (χ3v) is 3.98. The van der Waals surface area contributed by atoms with Gasteiger partial charge in [0, 0.05) is 26.7 Å². The normalized spacial score (nSPS) is 16.8. The first-order valence-electron chi connectivity index (χ1n) is 7.67. The molecule has 0 unspecified atom stereocenters. The Bertz CT molecular complexity index is 326. The van der Waals surface area contributed by atoms with Gasteiger partial charge < -0.3 is 19.9 Å². The van der Waals surface area contributed by atoms with Crippen molar-refractivity contribution in [3.63, 3.8) is 0 Å². The second kappa shape index (κ2) is 9.73. The molecule has 1 aliphatic rings. The number of carbonyl (C=O) groups excluding carboxylic acids is 1. The molecule has 0 aliphatic heterocycles. The minimum Gasteiger partial charge on any atom is -0.481 e. The van der Waals surface area contributed by atoms with Crippen molar-refractivity contribution in [3.05, 3.63) is 0 Å². The number of ether oxygens (including phenoxy) is 2. The number of carboxylic acids is 1. The molecule has 0 saturated heterocycles. The number of carboxylic acid groups (broad SMARTS) is 1. The molecule has 2 N–H and O–H groups in total. The molecular weight excluding hydrogens is 274 g/mol. The van der Waals surface area contributed by atoms with E-state index in [-0.39, 0.29) is 12.3 Å². The fourth-order valence-corrected chi connectivity index (χ4v) is 2.69. The lowest BCUT2D eigenvalue weighted by atomic mass is 9.82. The van der Waals surface area contributed by atoms with Crippen LogP contribution in [0.5, 0.6) is 0 Å². The van der Waals surface area contributed by atoms with Gasteiger partial charge in [0.05, 0.1) is 18.6 Å². The molecule has 0 atom stereocenters. The van der Waals surface area contributed by atoms with Crippen molar-refractivity contribution in [2.75, 3.05) is 33.5 Å². The number of methoxy groups -OCH3 is 1. The predicted octanol–water partition coefficient (Wildman–Crippen LogP) is 1.58. The molecule has 1 rings (SSSR count). The van der Waals surface area contributed by atoms with Crippen LogP contribution in [-0.2, 0) is 19.1 Å². The third-order valence-electron chi connectivity index (χ3n) is 3.98. The summed E-state index contributed by atoms with van der Waals surface area (Å²) in [5.74, 6) is -0.985. The van der Waals surface area contributed by atoms with Gasteiger partial charge in [-0.3, -0.25) is 9.59 Å². The number of unbranched alkanes of at least 4 members (excludes halogenated alkanes) is 1. The molecule has 0 aromatic heterocycles. The summed E-state index contributed by atoms with van der Waals surface area (Å²) in [6.45, 7) is 2.40. The number of nitrogens with one attached hydrogen (secondary N) is 1. The Morgan fingerprint density at radius 1 is 1.14 bits per heavy atom. The van der Waals surface area contributed by atoms with Gasteiger partial charge in [-0.1, -0.05) is 12.8 Å². The van der Waals surface area contributed by atoms with E-state index in [9.17, 15) is 14.7 Å². The van der Waals surface area contributed by atoms with Gasteiger partial charge in [0.15, 0.2) is 0 Å². The van der Waals surface area contributed by atoms with Gasteiger partial charge in [-0.15, -0.1) is 0 Å². The van der Waals surface area contributed by atoms with Gasteiger partial charge in [0.2, 0.25) is 5.91 Å². The number of amides is 1. The van der Waals surface area contributed by atoms with Crippen molar-refractivity contribution in [3.8, 4) is 0 Å². The first kappa shape index (κ1) is 17.9. The molecule has 0 bridgehead atoms. The van der Waals surface area contributed by atoms with Gasteiger partial charge in [0.1, 0.15) is 0 Å². The highest BCUT2D eigenvalue weighted by atomic mass is 16.5. The van der Waals surface area contributed by atoms with Crippen LogP contribution in [0, 0.1) is 5.41 Å². The predicted molar refractivity (Wildman–Crippen MR) is 78.1 cm³/mol. The van der Waals surface area contributed by atoms with Gasteiger partial charge >= 0.3 is 5.97 Å². The number of hydrogen-bond donors (Lipinski definition) is 2. The topological polar surface area (TPSA) is 84.9 Å². The highest BCUT2D eigenvalue weighted by Crippen LogP contribution is 2.41. The van der Waals surface area contributed by atoms with Crippen LogP contribution in [0.3, 0.4) is 0 Å². The first-order chi connectivity index (χ1) is 10.1. The molecule has 0 heterocycles. The number of rotatable bonds is 11. The van der Waals surface area contributed by atoms with Crippen LogP contribution in [0.4, 0.5) is 0 Å². The molecule has 0 aromatic rings. The van der Waals surface area contributed by atoms with Crippen molar-refractivity contribution < 1.29 is 24.2 Å². The average molecular weight is 301 g/mol. The van der Waals surface area contributed by atoms with E-state index in [2.05, 4.69) is 5.32 Å². The maximum absolute atomic E-state index is 11.9. The summed E-state index contributed by atoms with van der Waals surface area (Å²) < 4.78 is 10.2. The highest BCUT2D eigenvalue weighted by Gasteiger charge is 2.42. The van der Waals surface area contributed by atoms with Crippen molar-refractivity contribution in [1.29, 1.82) is 0 Å². The molecular formula is C15H27NO5. The van der Waals surface area contributed by atoms with Gasteiger partial charge in [-0.05, 0) is 25.7 Å². The Morgan fingerprint density at radius 3 is 2.48 bits per heavy atom. The molecule has 0 spiro atoms. The molecule has 0 aromatic carbocycles. The Labute approximate surface area is 126 Å². The monoisotopic (exact) mass is 301 g/mol. The lowest BCUT2D eigenvalue weighted by Crippen LogP contribution is -2.36. The second-order valence-corrected chi connectivity index (χ2v) is 5.63. The SMILES string of the molecule is COCCOCCCCNC(=O)CC1(C(=O)O)CCCC1. The second-order valence-electron chi connectivity index (χ2n) is 5.63. The molecule has 1 amide bonds. The van der Waals surface area contributed by atoms with Crippen LogP contribution in [0.1, 0.15) is 44.9 Å². The summed E-state index contributed by atoms with van der Waals surface area (Å²) in [5, 5.41) is 12.1. The van der Waals surface area contributed by atoms with Crippen LogP contribution in [-0.4, -0.2) is 50.5 Å². The van der Waals surface area contributed by atoms with Crippen LogP contribution < -0.4 is 5.32 Å². The molecule has 6 heteroatoms. The van der Waals surface area contributed by atoms with Crippen LogP contribution in [0.2, 0.25) is 0 Å². The van der Waals surface area contributed by atoms with Crippen molar-refractivity contribution in [2.45, 2.75) is 44.9 Å². The quantitative estimate of drug-likeness (QED) is 0.566. The van der Waals surface area contributed by atoms with Crippen molar-refractivity contribution in [1.82, 2.24) is 5.32 Å². The van der Waals surface area contributed by atoms with E-state index in [1.54, 1.807) is 7.11 Å². The van der Waals surface area contributed by atoms with Crippen molar-refractivity contribution in [2.24, 2.45) is 5.41 Å². The Hall–Kier alpha value is -1.14. The minimum atomic E-state index is -0.832. The van der Waals surface area contributed by atoms with Gasteiger partial charge in [0.25, 0.3) is 0 Å². The standard InChI is InChI=1S/C15H27NO5/c1-20-10-11-21-9-5-4-8-16-13(17)12-15(14(18)19)6-2-3-7-15/h2-12H2,1H3,(H,16,17)(H,18,19). The number of hydrogen-bond acceptors (Lipinski definition) is 4. The van der Waals surface area contributed by atoms with E-state index >= 15 is 0 Å². The summed E-state index contributed by atoms with van der Waals surface area (Å²) >= 11 is 0. The largest absolute Gasteiger partial charge is 0.481 e. The first-order valence-corrected chi connectivity index (χ1v) is 7.67. The maximum atomic E-state index is 11.9. The van der Waals surface area contributed by atoms with E-state index < -0.39 is 11.4 Å². The van der Waals surface area contributed by atoms with E-state index in [0.29, 0.717) is 39.2 Å². The third kappa shape index (κ3) is 6.44. The molecule has 1 saturated carbocycles. The van der Waals surface area contributed by atoms with Crippen LogP contribution in [0.15, 0.2) is 0 Å². The Kier molecular flexibility index (Phi) is 8.30. The average Bonchev–Trinajstić information content (AvgIpc) is 2.91. The smallest absolute Gasteiger partial charge is 0.310 e. The molecule has 21 heavy (non-hydrogen) atoms. The minimum absolute atomic E-state index is 0.104. The zero-order chi connectivity index (χ0) is 15.6. The fourth-order valence-electron chi connectivity index (χ4n) is 2.69. The summed E-state index contributed by atoms with van der Waals surface area (Å²) in [6, 6.07) is 0. The lowest BCUT2D eigenvalue weighted by Gasteiger charge is -2.22. The maximum Gasteiger partial charge on any atom is 0.310 e. The number of aliphatic carboxylic acids is 1. The summed E-state index contributed by atoms with van der Waals surface area (Å²) in [5.41, 5.74) is -0.826. The molecule has 1 aliphatic carbocycles.